The van der Waals surface area contributed by atoms with Crippen molar-refractivity contribution in [2.75, 3.05) is 6.61 Å². The second kappa shape index (κ2) is 11.1. The number of carbonyl (C=O) groups excluding carboxylic acids is 2. The number of carbonyl (C=O) groups is 2. The Morgan fingerprint density at radius 3 is 2.43 bits per heavy atom. The fourth-order valence-corrected chi connectivity index (χ4v) is 6.48. The number of rotatable bonds is 8. The molecule has 3 N–H and O–H groups in total. The molecule has 35 heavy (non-hydrogen) atoms. The lowest BCUT2D eigenvalue weighted by molar-refractivity contribution is -0.143. The number of aliphatic hydroxyl groups excluding tert-OH is 2. The number of imide groups is 1. The summed E-state index contributed by atoms with van der Waals surface area (Å²) in [4.78, 5) is 28.3. The van der Waals surface area contributed by atoms with Gasteiger partial charge in [-0.25, -0.2) is 0 Å². The van der Waals surface area contributed by atoms with Gasteiger partial charge in [0.15, 0.2) is 0 Å². The van der Waals surface area contributed by atoms with Gasteiger partial charge in [0.25, 0.3) is 0 Å². The molecule has 0 aromatic heterocycles. The van der Waals surface area contributed by atoms with Crippen LogP contribution in [-0.4, -0.2) is 50.8 Å². The Balaban J connectivity index is 1.50. The van der Waals surface area contributed by atoms with Crippen LogP contribution in [0.5, 0.6) is 5.75 Å². The van der Waals surface area contributed by atoms with E-state index in [-0.39, 0.29) is 30.2 Å². The van der Waals surface area contributed by atoms with E-state index in [4.69, 9.17) is 0 Å². The summed E-state index contributed by atoms with van der Waals surface area (Å²) in [5, 5.41) is 31.1. The van der Waals surface area contributed by atoms with Gasteiger partial charge in [-0.2, -0.15) is 0 Å². The number of aliphatic hydroxyl groups is 2. The van der Waals surface area contributed by atoms with Crippen molar-refractivity contribution < 1.29 is 24.9 Å². The van der Waals surface area contributed by atoms with Crippen molar-refractivity contribution in [2.24, 2.45) is 17.8 Å². The molecule has 0 unspecified atom stereocenters. The molecule has 190 valence electrons. The lowest BCUT2D eigenvalue weighted by atomic mass is 9.68. The summed E-state index contributed by atoms with van der Waals surface area (Å²) in [7, 11) is 0. The number of amides is 2. The number of hydrogen-bond acceptors (Lipinski definition) is 5. The zero-order chi connectivity index (χ0) is 25.1. The van der Waals surface area contributed by atoms with Crippen LogP contribution in [0, 0.1) is 17.8 Å². The zero-order valence-electron chi connectivity index (χ0n) is 20.9. The van der Waals surface area contributed by atoms with Crippen molar-refractivity contribution in [1.82, 2.24) is 4.90 Å². The molecule has 6 nitrogen and oxygen atoms in total. The third kappa shape index (κ3) is 5.24. The molecule has 2 aliphatic carbocycles. The number of benzene rings is 1. The normalized spacial score (nSPS) is 26.9. The molecule has 2 fully saturated rings. The summed E-state index contributed by atoms with van der Waals surface area (Å²) in [5.41, 5.74) is 3.86. The first-order valence-corrected chi connectivity index (χ1v) is 13.2. The molecule has 2 amide bonds. The summed E-state index contributed by atoms with van der Waals surface area (Å²) >= 11 is 0. The van der Waals surface area contributed by atoms with Crippen LogP contribution in [0.25, 0.3) is 6.08 Å². The second-order valence-corrected chi connectivity index (χ2v) is 10.5. The molecule has 1 aromatic rings. The average molecular weight is 482 g/mol. The predicted octanol–water partition coefficient (Wildman–Crippen LogP) is 4.59. The first kappa shape index (κ1) is 25.6. The van der Waals surface area contributed by atoms with Gasteiger partial charge in [-0.1, -0.05) is 55.5 Å². The average Bonchev–Trinajstić information content (AvgIpc) is 3.11. The van der Waals surface area contributed by atoms with Crippen molar-refractivity contribution in [2.45, 2.75) is 83.8 Å². The van der Waals surface area contributed by atoms with Gasteiger partial charge in [-0.15, -0.1) is 0 Å². The van der Waals surface area contributed by atoms with Crippen molar-refractivity contribution in [3.63, 3.8) is 0 Å². The van der Waals surface area contributed by atoms with E-state index < -0.39 is 23.9 Å². The minimum Gasteiger partial charge on any atom is -0.508 e. The van der Waals surface area contributed by atoms with E-state index in [1.165, 1.54) is 10.5 Å². The summed E-state index contributed by atoms with van der Waals surface area (Å²) < 4.78 is 0. The maximum atomic E-state index is 13.5. The molecule has 3 aliphatic rings. The second-order valence-electron chi connectivity index (χ2n) is 10.5. The number of likely N-dealkylation sites (tertiary alicyclic amines) is 1. The van der Waals surface area contributed by atoms with Crippen LogP contribution in [0.4, 0.5) is 0 Å². The number of allylic oxidation sites excluding steroid dienone is 2. The van der Waals surface area contributed by atoms with Gasteiger partial charge in [0.05, 0.1) is 24.5 Å². The Labute approximate surface area is 208 Å². The number of hydrogen-bond donors (Lipinski definition) is 3. The van der Waals surface area contributed by atoms with E-state index in [1.807, 2.05) is 19.1 Å². The van der Waals surface area contributed by atoms with Crippen LogP contribution >= 0.6 is 0 Å². The lowest BCUT2D eigenvalue weighted by Crippen LogP contribution is -2.42. The van der Waals surface area contributed by atoms with Gasteiger partial charge in [-0.05, 0) is 68.7 Å². The third-order valence-electron chi connectivity index (χ3n) is 8.32. The molecular weight excluding hydrogens is 442 g/mol. The standard InChI is InChI=1S/C29H39NO5/c1-3-19(16-20-9-12-22(32)13-10-20)11-14-25(33)26-18(2)15-23-27(24(26)17-31)29(35)30(28(23)34)21-7-5-4-6-8-21/h9-10,12-13,16,21,23-25,27,31-33H,3-8,11,14-15,17H2,1-2H3/b19-16+/t23-,24+,25-,27-/m1/s1. The molecule has 1 aromatic carbocycles. The molecule has 4 atom stereocenters. The van der Waals surface area contributed by atoms with Gasteiger partial charge < -0.3 is 15.3 Å². The highest BCUT2D eigenvalue weighted by Gasteiger charge is 2.55. The number of nitrogens with zero attached hydrogens (tertiary/aromatic N) is 1. The quantitative estimate of drug-likeness (QED) is 0.373. The summed E-state index contributed by atoms with van der Waals surface area (Å²) in [5.74, 6) is -1.50. The minimum absolute atomic E-state index is 0.0143. The van der Waals surface area contributed by atoms with Crippen LogP contribution in [0.15, 0.2) is 41.0 Å². The fourth-order valence-electron chi connectivity index (χ4n) is 6.48. The molecule has 0 bridgehead atoms. The molecule has 0 spiro atoms. The Bertz CT molecular complexity index is 989. The Hall–Kier alpha value is -2.44. The molecule has 4 rings (SSSR count). The van der Waals surface area contributed by atoms with E-state index in [9.17, 15) is 24.9 Å². The predicted molar refractivity (Wildman–Crippen MR) is 135 cm³/mol. The maximum Gasteiger partial charge on any atom is 0.234 e. The van der Waals surface area contributed by atoms with Crippen LogP contribution in [0.3, 0.4) is 0 Å². The number of aromatic hydroxyl groups is 1. The molecule has 1 aliphatic heterocycles. The summed E-state index contributed by atoms with van der Waals surface area (Å²) in [6.07, 6.45) is 8.77. The molecule has 6 heteroatoms. The third-order valence-corrected chi connectivity index (χ3v) is 8.32. The van der Waals surface area contributed by atoms with E-state index in [1.54, 1.807) is 12.1 Å². The Kier molecular flexibility index (Phi) is 8.12. The highest BCUT2D eigenvalue weighted by Crippen LogP contribution is 2.47. The first-order valence-electron chi connectivity index (χ1n) is 13.2. The monoisotopic (exact) mass is 481 g/mol. The van der Waals surface area contributed by atoms with Crippen LogP contribution in [0.1, 0.15) is 77.2 Å². The Morgan fingerprint density at radius 1 is 1.11 bits per heavy atom. The summed E-state index contributed by atoms with van der Waals surface area (Å²) in [6.45, 7) is 3.77. The van der Waals surface area contributed by atoms with Crippen LogP contribution < -0.4 is 0 Å². The van der Waals surface area contributed by atoms with Gasteiger partial charge in [-0.3, -0.25) is 14.5 Å². The van der Waals surface area contributed by atoms with E-state index in [0.29, 0.717) is 19.3 Å². The highest BCUT2D eigenvalue weighted by atomic mass is 16.3. The van der Waals surface area contributed by atoms with Gasteiger partial charge >= 0.3 is 0 Å². The van der Waals surface area contributed by atoms with E-state index >= 15 is 0 Å². The largest absolute Gasteiger partial charge is 0.508 e. The molecular formula is C29H39NO5. The molecule has 1 saturated heterocycles. The topological polar surface area (TPSA) is 98.1 Å². The van der Waals surface area contributed by atoms with Crippen LogP contribution in [-0.2, 0) is 9.59 Å². The van der Waals surface area contributed by atoms with Gasteiger partial charge in [0.2, 0.25) is 11.8 Å². The number of phenols is 1. The Morgan fingerprint density at radius 2 is 1.80 bits per heavy atom. The van der Waals surface area contributed by atoms with Crippen molar-refractivity contribution >= 4 is 17.9 Å². The first-order chi connectivity index (χ1) is 16.8. The maximum absolute atomic E-state index is 13.5. The van der Waals surface area contributed by atoms with Crippen LogP contribution in [0.2, 0.25) is 0 Å². The lowest BCUT2D eigenvalue weighted by Gasteiger charge is -2.35. The number of fused-ring (bicyclic) bond motifs is 1. The summed E-state index contributed by atoms with van der Waals surface area (Å²) in [6, 6.07) is 7.02. The van der Waals surface area contributed by atoms with E-state index in [0.717, 1.165) is 55.2 Å². The minimum atomic E-state index is -0.769. The van der Waals surface area contributed by atoms with Gasteiger partial charge in [0, 0.05) is 12.0 Å². The van der Waals surface area contributed by atoms with Crippen molar-refractivity contribution in [1.29, 1.82) is 0 Å². The highest BCUT2D eigenvalue weighted by molar-refractivity contribution is 6.06. The molecule has 1 saturated carbocycles. The van der Waals surface area contributed by atoms with Gasteiger partial charge in [0.1, 0.15) is 5.75 Å². The molecule has 0 radical (unpaired) electrons. The zero-order valence-corrected chi connectivity index (χ0v) is 20.9. The van der Waals surface area contributed by atoms with Crippen molar-refractivity contribution in [3.05, 3.63) is 46.5 Å². The molecule has 1 heterocycles. The SMILES string of the molecule is CC/C(=C\c1ccc(O)cc1)CC[C@@H](O)C1=C(C)C[C@H]2C(=O)N(C3CCCCC3)C(=O)[C@H]2[C@H]1CO. The smallest absolute Gasteiger partial charge is 0.234 e. The van der Waals surface area contributed by atoms with E-state index in [2.05, 4.69) is 13.0 Å². The fraction of sp³-hybridized carbons (Fsp3) is 0.586. The van der Waals surface area contributed by atoms with Crippen molar-refractivity contribution in [3.8, 4) is 5.75 Å². The number of phenolic OH excluding ortho intramolecular Hbond substituents is 1.